The number of carbonyl (C=O) groups is 2. The molecular weight excluding hydrogens is 268 g/mol. The summed E-state index contributed by atoms with van der Waals surface area (Å²) < 4.78 is 0. The summed E-state index contributed by atoms with van der Waals surface area (Å²) in [5.74, 6) is 1.45. The van der Waals surface area contributed by atoms with Crippen LogP contribution in [0.25, 0.3) is 0 Å². The van der Waals surface area contributed by atoms with Crippen LogP contribution in [0.5, 0.6) is 0 Å². The molecule has 5 rings (SSSR count). The lowest BCUT2D eigenvalue weighted by atomic mass is 9.49. The summed E-state index contributed by atoms with van der Waals surface area (Å²) in [5.41, 5.74) is -0.422. The van der Waals surface area contributed by atoms with Crippen LogP contribution in [-0.4, -0.2) is 27.2 Å². The van der Waals surface area contributed by atoms with Crippen molar-refractivity contribution in [1.29, 1.82) is 0 Å². The molecule has 21 heavy (non-hydrogen) atoms. The Labute approximate surface area is 124 Å². The highest BCUT2D eigenvalue weighted by Gasteiger charge is 2.56. The van der Waals surface area contributed by atoms with E-state index in [0.717, 1.165) is 24.3 Å². The molecule has 4 fully saturated rings. The van der Waals surface area contributed by atoms with E-state index in [1.165, 1.54) is 25.5 Å². The third-order valence-corrected chi connectivity index (χ3v) is 5.90. The molecule has 0 atom stereocenters. The molecule has 1 N–H and O–H groups in total. The molecule has 1 aliphatic heterocycles. The zero-order valence-corrected chi connectivity index (χ0v) is 12.2. The average molecular weight is 290 g/mol. The van der Waals surface area contributed by atoms with Gasteiger partial charge in [-0.15, -0.1) is 5.17 Å². The van der Waals surface area contributed by atoms with Crippen LogP contribution in [0.15, 0.2) is 12.3 Å². The molecule has 0 spiro atoms. The van der Waals surface area contributed by atoms with Crippen molar-refractivity contribution in [2.24, 2.45) is 23.2 Å². The first-order valence-corrected chi connectivity index (χ1v) is 8.09. The van der Waals surface area contributed by atoms with Crippen molar-refractivity contribution >= 4 is 11.8 Å². The Morgan fingerprint density at radius 1 is 1.19 bits per heavy atom. The van der Waals surface area contributed by atoms with Gasteiger partial charge in [-0.1, -0.05) is 6.08 Å². The molecule has 5 nitrogen and oxygen atoms in total. The molecule has 4 aliphatic carbocycles. The fourth-order valence-electron chi connectivity index (χ4n) is 5.43. The van der Waals surface area contributed by atoms with Gasteiger partial charge in [0, 0.05) is 12.6 Å². The van der Waals surface area contributed by atoms with Gasteiger partial charge in [-0.2, -0.15) is 0 Å². The smallest absolute Gasteiger partial charge is 0.273 e. The Hall–Kier alpha value is -1.36. The van der Waals surface area contributed by atoms with Crippen LogP contribution in [0.3, 0.4) is 0 Å². The van der Waals surface area contributed by atoms with Gasteiger partial charge >= 0.3 is 0 Å². The van der Waals surface area contributed by atoms with Gasteiger partial charge in [0.05, 0.1) is 5.41 Å². The SMILES string of the molecule is O=C1CCC=CN1N(O)C(=O)C12CC3CC(CC(C3)C1)C2. The standard InChI is InChI=1S/C16H22N2O3/c19-14-3-1-2-4-17(14)18(21)15(20)16-8-11-5-12(9-16)7-13(6-11)10-16/h2,4,11-13,21H,1,3,5-10H2. The second-order valence-electron chi connectivity index (χ2n) is 7.45. The number of hydrazine groups is 1. The number of nitrogens with zero attached hydrogens (tertiary/aromatic N) is 2. The van der Waals surface area contributed by atoms with E-state index in [4.69, 9.17) is 0 Å². The predicted octanol–water partition coefficient (Wildman–Crippen LogP) is 2.47. The number of amides is 2. The molecule has 0 unspecified atom stereocenters. The minimum atomic E-state index is -0.422. The summed E-state index contributed by atoms with van der Waals surface area (Å²) in [6.07, 6.45) is 10.8. The van der Waals surface area contributed by atoms with Crippen molar-refractivity contribution in [3.63, 3.8) is 0 Å². The highest BCUT2D eigenvalue weighted by molar-refractivity contribution is 5.86. The molecule has 1 heterocycles. The van der Waals surface area contributed by atoms with Crippen molar-refractivity contribution in [3.05, 3.63) is 12.3 Å². The quantitative estimate of drug-likeness (QED) is 0.628. The van der Waals surface area contributed by atoms with Gasteiger partial charge in [-0.3, -0.25) is 14.8 Å². The fourth-order valence-corrected chi connectivity index (χ4v) is 5.43. The van der Waals surface area contributed by atoms with E-state index in [1.54, 1.807) is 0 Å². The van der Waals surface area contributed by atoms with E-state index in [1.807, 2.05) is 6.08 Å². The van der Waals surface area contributed by atoms with Gasteiger partial charge in [0.15, 0.2) is 0 Å². The number of allylic oxidation sites excluding steroid dienone is 1. The lowest BCUT2D eigenvalue weighted by Crippen LogP contribution is -2.57. The molecule has 0 radical (unpaired) electrons. The van der Waals surface area contributed by atoms with Gasteiger partial charge in [0.1, 0.15) is 0 Å². The molecule has 2 amide bonds. The van der Waals surface area contributed by atoms with Crippen molar-refractivity contribution in [2.75, 3.05) is 0 Å². The van der Waals surface area contributed by atoms with Crippen LogP contribution < -0.4 is 0 Å². The lowest BCUT2D eigenvalue weighted by Gasteiger charge is -2.56. The normalized spacial score (nSPS) is 40.7. The van der Waals surface area contributed by atoms with Crippen molar-refractivity contribution in [2.45, 2.75) is 51.4 Å². The van der Waals surface area contributed by atoms with Crippen molar-refractivity contribution in [3.8, 4) is 0 Å². The summed E-state index contributed by atoms with van der Waals surface area (Å²) in [6.45, 7) is 0. The van der Waals surface area contributed by atoms with Crippen molar-refractivity contribution < 1.29 is 14.8 Å². The third-order valence-electron chi connectivity index (χ3n) is 5.90. The van der Waals surface area contributed by atoms with Crippen LogP contribution >= 0.6 is 0 Å². The van der Waals surface area contributed by atoms with Crippen LogP contribution in [-0.2, 0) is 9.59 Å². The maximum absolute atomic E-state index is 12.9. The molecule has 5 aliphatic rings. The summed E-state index contributed by atoms with van der Waals surface area (Å²) in [5, 5.41) is 12.0. The van der Waals surface area contributed by atoms with Gasteiger partial charge in [-0.05, 0) is 62.7 Å². The Morgan fingerprint density at radius 2 is 1.76 bits per heavy atom. The molecule has 4 bridgehead atoms. The number of hydroxylamine groups is 1. The second-order valence-corrected chi connectivity index (χ2v) is 7.45. The molecular formula is C16H22N2O3. The topological polar surface area (TPSA) is 60.9 Å². The first-order chi connectivity index (χ1) is 10.1. The number of rotatable bonds is 2. The van der Waals surface area contributed by atoms with E-state index in [-0.39, 0.29) is 11.8 Å². The molecule has 5 heteroatoms. The first kappa shape index (κ1) is 13.3. The van der Waals surface area contributed by atoms with Crippen LogP contribution in [0.1, 0.15) is 51.4 Å². The molecule has 4 saturated carbocycles. The molecule has 0 aromatic carbocycles. The molecule has 114 valence electrons. The Balaban J connectivity index is 1.58. The van der Waals surface area contributed by atoms with E-state index < -0.39 is 5.41 Å². The van der Waals surface area contributed by atoms with Gasteiger partial charge < -0.3 is 0 Å². The van der Waals surface area contributed by atoms with Gasteiger partial charge in [0.25, 0.3) is 5.91 Å². The summed E-state index contributed by atoms with van der Waals surface area (Å²) in [7, 11) is 0. The average Bonchev–Trinajstić information content (AvgIpc) is 2.45. The maximum Gasteiger partial charge on any atom is 0.273 e. The minimum Gasteiger partial charge on any atom is -0.273 e. The van der Waals surface area contributed by atoms with Crippen molar-refractivity contribution in [1.82, 2.24) is 10.2 Å². The summed E-state index contributed by atoms with van der Waals surface area (Å²) in [6, 6.07) is 0. The van der Waals surface area contributed by atoms with E-state index in [0.29, 0.717) is 35.8 Å². The Bertz CT molecular complexity index is 478. The van der Waals surface area contributed by atoms with Gasteiger partial charge in [-0.25, -0.2) is 5.01 Å². The monoisotopic (exact) mass is 290 g/mol. The van der Waals surface area contributed by atoms with E-state index in [2.05, 4.69) is 0 Å². The zero-order chi connectivity index (χ0) is 14.6. The molecule has 0 aromatic heterocycles. The van der Waals surface area contributed by atoms with E-state index >= 15 is 0 Å². The summed E-state index contributed by atoms with van der Waals surface area (Å²) >= 11 is 0. The van der Waals surface area contributed by atoms with Crippen LogP contribution in [0, 0.1) is 23.2 Å². The third kappa shape index (κ3) is 2.01. The Kier molecular flexibility index (Phi) is 2.89. The maximum atomic E-state index is 12.9. The second kappa shape index (κ2) is 4.57. The fraction of sp³-hybridized carbons (Fsp3) is 0.750. The zero-order valence-electron chi connectivity index (χ0n) is 12.2. The highest BCUT2D eigenvalue weighted by atomic mass is 16.6. The number of carbonyl (C=O) groups excluding carboxylic acids is 2. The minimum absolute atomic E-state index is 0.210. The number of hydrogen-bond acceptors (Lipinski definition) is 3. The highest BCUT2D eigenvalue weighted by Crippen LogP contribution is 2.60. The molecule has 0 aromatic rings. The largest absolute Gasteiger partial charge is 0.273 e. The van der Waals surface area contributed by atoms with E-state index in [9.17, 15) is 14.8 Å². The first-order valence-electron chi connectivity index (χ1n) is 8.09. The Morgan fingerprint density at radius 3 is 2.29 bits per heavy atom. The predicted molar refractivity (Wildman–Crippen MR) is 74.5 cm³/mol. The van der Waals surface area contributed by atoms with Crippen LogP contribution in [0.4, 0.5) is 0 Å². The van der Waals surface area contributed by atoms with Gasteiger partial charge in [0.2, 0.25) is 5.91 Å². The van der Waals surface area contributed by atoms with Crippen LogP contribution in [0.2, 0.25) is 0 Å². The summed E-state index contributed by atoms with van der Waals surface area (Å²) in [4.78, 5) is 24.8. The lowest BCUT2D eigenvalue weighted by molar-refractivity contribution is -0.240. The number of hydrogen-bond donors (Lipinski definition) is 1. The molecule has 0 saturated heterocycles.